The SMILES string of the molecule is CC[C@@H](C)c1nc2ccc(Br)cc2c(=O)n1N=Cc1cccc(O)c1. The number of halogens is 1. The summed E-state index contributed by atoms with van der Waals surface area (Å²) in [7, 11) is 0. The standard InChI is InChI=1S/C19H18BrN3O2/c1-3-12(2)18-22-17-8-7-14(20)10-16(17)19(25)23(18)21-11-13-5-4-6-15(24)9-13/h4-12,24H,3H2,1-2H3/t12-/m1/s1. The summed E-state index contributed by atoms with van der Waals surface area (Å²) in [5.41, 5.74) is 1.15. The number of hydrogen-bond donors (Lipinski definition) is 1. The fourth-order valence-electron chi connectivity index (χ4n) is 2.51. The molecule has 0 amide bonds. The summed E-state index contributed by atoms with van der Waals surface area (Å²) in [6.07, 6.45) is 2.40. The Hall–Kier alpha value is -2.47. The smallest absolute Gasteiger partial charge is 0.282 e. The second-order valence-electron chi connectivity index (χ2n) is 5.90. The normalized spacial score (nSPS) is 12.8. The average Bonchev–Trinajstić information content (AvgIpc) is 2.60. The Balaban J connectivity index is 2.20. The van der Waals surface area contributed by atoms with Crippen molar-refractivity contribution in [1.82, 2.24) is 9.66 Å². The van der Waals surface area contributed by atoms with E-state index in [-0.39, 0.29) is 17.2 Å². The summed E-state index contributed by atoms with van der Waals surface area (Å²) in [6, 6.07) is 12.2. The Labute approximate surface area is 153 Å². The van der Waals surface area contributed by atoms with Gasteiger partial charge in [-0.05, 0) is 42.3 Å². The molecule has 0 saturated carbocycles. The van der Waals surface area contributed by atoms with E-state index in [1.807, 2.05) is 32.0 Å². The van der Waals surface area contributed by atoms with Crippen LogP contribution >= 0.6 is 15.9 Å². The summed E-state index contributed by atoms with van der Waals surface area (Å²) in [5.74, 6) is 0.861. The van der Waals surface area contributed by atoms with E-state index in [0.29, 0.717) is 22.3 Å². The van der Waals surface area contributed by atoms with Crippen molar-refractivity contribution in [3.63, 3.8) is 0 Å². The van der Waals surface area contributed by atoms with Gasteiger partial charge in [-0.2, -0.15) is 9.78 Å². The van der Waals surface area contributed by atoms with Crippen molar-refractivity contribution in [2.24, 2.45) is 5.10 Å². The van der Waals surface area contributed by atoms with E-state index in [2.05, 4.69) is 26.0 Å². The molecular formula is C19H18BrN3O2. The van der Waals surface area contributed by atoms with E-state index < -0.39 is 0 Å². The quantitative estimate of drug-likeness (QED) is 0.666. The van der Waals surface area contributed by atoms with Gasteiger partial charge >= 0.3 is 0 Å². The lowest BCUT2D eigenvalue weighted by molar-refractivity contribution is 0.475. The summed E-state index contributed by atoms with van der Waals surface area (Å²) < 4.78 is 2.17. The number of phenolic OH excluding ortho intramolecular Hbond substituents is 1. The molecular weight excluding hydrogens is 382 g/mol. The highest BCUT2D eigenvalue weighted by Crippen LogP contribution is 2.21. The van der Waals surface area contributed by atoms with Gasteiger partial charge in [-0.1, -0.05) is 41.9 Å². The van der Waals surface area contributed by atoms with Crippen LogP contribution in [0.3, 0.4) is 0 Å². The van der Waals surface area contributed by atoms with Crippen molar-refractivity contribution >= 4 is 33.0 Å². The summed E-state index contributed by atoms with van der Waals surface area (Å²) in [4.78, 5) is 17.6. The molecule has 1 N–H and O–H groups in total. The first-order valence-electron chi connectivity index (χ1n) is 8.05. The minimum atomic E-state index is -0.210. The summed E-state index contributed by atoms with van der Waals surface area (Å²) in [6.45, 7) is 4.07. The Bertz CT molecular complexity index is 1010. The lowest BCUT2D eigenvalue weighted by atomic mass is 10.1. The third-order valence-corrected chi connectivity index (χ3v) is 4.57. The number of aromatic hydroxyl groups is 1. The Morgan fingerprint density at radius 3 is 2.84 bits per heavy atom. The van der Waals surface area contributed by atoms with Gasteiger partial charge in [0, 0.05) is 10.4 Å². The van der Waals surface area contributed by atoms with Gasteiger partial charge in [-0.25, -0.2) is 4.98 Å². The van der Waals surface area contributed by atoms with E-state index in [4.69, 9.17) is 0 Å². The van der Waals surface area contributed by atoms with Crippen LogP contribution < -0.4 is 5.56 Å². The molecule has 1 heterocycles. The highest BCUT2D eigenvalue weighted by Gasteiger charge is 2.15. The minimum absolute atomic E-state index is 0.0853. The highest BCUT2D eigenvalue weighted by atomic mass is 79.9. The molecule has 0 saturated heterocycles. The molecule has 1 atom stereocenters. The molecule has 0 bridgehead atoms. The van der Waals surface area contributed by atoms with Crippen LogP contribution in [-0.2, 0) is 0 Å². The van der Waals surface area contributed by atoms with Crippen molar-refractivity contribution in [3.8, 4) is 5.75 Å². The molecule has 1 aromatic heterocycles. The molecule has 6 heteroatoms. The van der Waals surface area contributed by atoms with Gasteiger partial charge in [0.1, 0.15) is 11.6 Å². The fraction of sp³-hybridized carbons (Fsp3) is 0.211. The zero-order chi connectivity index (χ0) is 18.0. The average molecular weight is 400 g/mol. The summed E-state index contributed by atoms with van der Waals surface area (Å²) in [5, 5.41) is 14.4. The second kappa shape index (κ2) is 7.19. The second-order valence-corrected chi connectivity index (χ2v) is 6.81. The fourth-order valence-corrected chi connectivity index (χ4v) is 2.87. The van der Waals surface area contributed by atoms with Crippen molar-refractivity contribution < 1.29 is 5.11 Å². The van der Waals surface area contributed by atoms with Crippen LogP contribution in [0.15, 0.2) is 56.8 Å². The van der Waals surface area contributed by atoms with Crippen molar-refractivity contribution in [3.05, 3.63) is 68.7 Å². The van der Waals surface area contributed by atoms with Crippen molar-refractivity contribution in [2.75, 3.05) is 0 Å². The van der Waals surface area contributed by atoms with Gasteiger partial charge in [-0.3, -0.25) is 4.79 Å². The molecule has 5 nitrogen and oxygen atoms in total. The van der Waals surface area contributed by atoms with E-state index in [1.165, 1.54) is 4.68 Å². The lowest BCUT2D eigenvalue weighted by Crippen LogP contribution is -2.23. The molecule has 3 aromatic rings. The largest absolute Gasteiger partial charge is 0.508 e. The number of benzene rings is 2. The molecule has 0 aliphatic heterocycles. The predicted molar refractivity (Wildman–Crippen MR) is 104 cm³/mol. The third kappa shape index (κ3) is 3.64. The van der Waals surface area contributed by atoms with Crippen LogP contribution in [-0.4, -0.2) is 21.0 Å². The first-order chi connectivity index (χ1) is 12.0. The number of fused-ring (bicyclic) bond motifs is 1. The number of rotatable bonds is 4. The zero-order valence-electron chi connectivity index (χ0n) is 14.0. The maximum absolute atomic E-state index is 12.9. The Morgan fingerprint density at radius 2 is 2.12 bits per heavy atom. The van der Waals surface area contributed by atoms with E-state index in [1.54, 1.807) is 30.5 Å². The first kappa shape index (κ1) is 17.4. The van der Waals surface area contributed by atoms with Crippen LogP contribution in [0, 0.1) is 0 Å². The molecule has 128 valence electrons. The van der Waals surface area contributed by atoms with Crippen LogP contribution in [0.1, 0.15) is 37.6 Å². The highest BCUT2D eigenvalue weighted by molar-refractivity contribution is 9.10. The monoisotopic (exact) mass is 399 g/mol. The van der Waals surface area contributed by atoms with Gasteiger partial charge in [0.25, 0.3) is 5.56 Å². The lowest BCUT2D eigenvalue weighted by Gasteiger charge is -2.13. The summed E-state index contributed by atoms with van der Waals surface area (Å²) >= 11 is 3.39. The van der Waals surface area contributed by atoms with E-state index in [9.17, 15) is 9.90 Å². The molecule has 0 radical (unpaired) electrons. The topological polar surface area (TPSA) is 67.5 Å². The Kier molecular flexibility index (Phi) is 4.99. The molecule has 2 aromatic carbocycles. The van der Waals surface area contributed by atoms with Gasteiger partial charge in [0.05, 0.1) is 17.1 Å². The minimum Gasteiger partial charge on any atom is -0.508 e. The Morgan fingerprint density at radius 1 is 1.32 bits per heavy atom. The van der Waals surface area contributed by atoms with Gasteiger partial charge in [-0.15, -0.1) is 0 Å². The predicted octanol–water partition coefficient (Wildman–Crippen LogP) is 4.26. The van der Waals surface area contributed by atoms with Crippen molar-refractivity contribution in [2.45, 2.75) is 26.2 Å². The van der Waals surface area contributed by atoms with E-state index >= 15 is 0 Å². The van der Waals surface area contributed by atoms with Crippen LogP contribution in [0.5, 0.6) is 5.75 Å². The van der Waals surface area contributed by atoms with Gasteiger partial charge in [0.2, 0.25) is 0 Å². The van der Waals surface area contributed by atoms with Crippen LogP contribution in [0.4, 0.5) is 0 Å². The zero-order valence-corrected chi connectivity index (χ0v) is 15.6. The molecule has 0 aliphatic carbocycles. The van der Waals surface area contributed by atoms with Gasteiger partial charge < -0.3 is 5.11 Å². The maximum Gasteiger partial charge on any atom is 0.282 e. The maximum atomic E-state index is 12.9. The molecule has 3 rings (SSSR count). The molecule has 0 aliphatic rings. The van der Waals surface area contributed by atoms with E-state index in [0.717, 1.165) is 10.9 Å². The van der Waals surface area contributed by atoms with Crippen LogP contribution in [0.2, 0.25) is 0 Å². The number of nitrogens with zero attached hydrogens (tertiary/aromatic N) is 3. The van der Waals surface area contributed by atoms with Gasteiger partial charge in [0.15, 0.2) is 0 Å². The van der Waals surface area contributed by atoms with Crippen molar-refractivity contribution in [1.29, 1.82) is 0 Å². The number of hydrogen-bond acceptors (Lipinski definition) is 4. The molecule has 25 heavy (non-hydrogen) atoms. The number of phenols is 1. The molecule has 0 spiro atoms. The molecule has 0 fully saturated rings. The first-order valence-corrected chi connectivity index (χ1v) is 8.84. The number of aromatic nitrogens is 2. The molecule has 0 unspecified atom stereocenters. The van der Waals surface area contributed by atoms with Crippen LogP contribution in [0.25, 0.3) is 10.9 Å². The third-order valence-electron chi connectivity index (χ3n) is 4.08.